The molecular formula is C112H60N14. The van der Waals surface area contributed by atoms with Crippen LogP contribution in [0.15, 0.2) is 364 Å². The Bertz CT molecular complexity index is 9020. The van der Waals surface area contributed by atoms with Crippen LogP contribution in [0.5, 0.6) is 0 Å². The van der Waals surface area contributed by atoms with Crippen molar-refractivity contribution in [3.8, 4) is 127 Å². The summed E-state index contributed by atoms with van der Waals surface area (Å²) in [5, 5.41) is 78.7. The number of rotatable bonds is 11. The molecule has 0 aliphatic carbocycles. The monoisotopic (exact) mass is 1600 g/mol. The molecule has 0 aliphatic rings. The molecule has 7 heterocycles. The number of benzene rings is 17. The highest BCUT2D eigenvalue weighted by Gasteiger charge is 2.34. The third kappa shape index (κ3) is 10.4. The first-order valence-electron chi connectivity index (χ1n) is 41.4. The van der Waals surface area contributed by atoms with Gasteiger partial charge in [0.05, 0.1) is 145 Å². The minimum absolute atomic E-state index is 0.382. The lowest BCUT2D eigenvalue weighted by Gasteiger charge is -2.15. The van der Waals surface area contributed by atoms with Crippen LogP contribution in [0.25, 0.3) is 221 Å². The summed E-state index contributed by atoms with van der Waals surface area (Å²) >= 11 is 0. The zero-order valence-electron chi connectivity index (χ0n) is 66.9. The zero-order valence-corrected chi connectivity index (χ0v) is 66.9. The average Bonchev–Trinajstić information content (AvgIpc) is 1.51. The van der Waals surface area contributed by atoms with Gasteiger partial charge in [0.25, 0.3) is 0 Å². The molecule has 0 fully saturated rings. The molecule has 7 aromatic heterocycles. The Kier molecular flexibility index (Phi) is 16.0. The van der Waals surface area contributed by atoms with E-state index < -0.39 is 0 Å². The molecule has 0 unspecified atom stereocenters. The first kappa shape index (κ1) is 71.7. The summed E-state index contributed by atoms with van der Waals surface area (Å²) in [6, 6.07) is 137. The number of fused-ring (bicyclic) bond motifs is 24. The van der Waals surface area contributed by atoms with E-state index in [0.717, 1.165) is 187 Å². The Labute approximate surface area is 719 Å². The van der Waals surface area contributed by atoms with Crippen LogP contribution < -0.4 is 0 Å². The third-order valence-corrected chi connectivity index (χ3v) is 25.2. The maximum absolute atomic E-state index is 11.8. The molecule has 0 bridgehead atoms. The summed E-state index contributed by atoms with van der Waals surface area (Å²) in [6.07, 6.45) is 0. The second kappa shape index (κ2) is 28.1. The van der Waals surface area contributed by atoms with Crippen molar-refractivity contribution in [2.45, 2.75) is 0 Å². The topological polar surface area (TPSA) is 198 Å². The second-order valence-electron chi connectivity index (χ2n) is 31.6. The molecule has 0 aliphatic heterocycles. The zero-order chi connectivity index (χ0) is 84.1. The molecule has 0 atom stereocenters. The van der Waals surface area contributed by atoms with Crippen molar-refractivity contribution in [3.63, 3.8) is 0 Å². The minimum atomic E-state index is 0.382. The smallest absolute Gasteiger partial charge is 0.160 e. The van der Waals surface area contributed by atoms with Crippen LogP contribution in [0.1, 0.15) is 33.4 Å². The number of hydrogen-bond donors (Lipinski definition) is 0. The maximum Gasteiger partial charge on any atom is 0.160 e. The highest BCUT2D eigenvalue weighted by molar-refractivity contribution is 6.42. The fourth-order valence-corrected chi connectivity index (χ4v) is 20.0. The summed E-state index contributed by atoms with van der Waals surface area (Å²) in [6.45, 7) is 0. The summed E-state index contributed by atoms with van der Waals surface area (Å²) in [5.74, 6) is 0.427. The van der Waals surface area contributed by atoms with Gasteiger partial charge in [-0.15, -0.1) is 0 Å². The van der Waals surface area contributed by atoms with Gasteiger partial charge >= 0.3 is 0 Å². The van der Waals surface area contributed by atoms with Crippen molar-refractivity contribution in [1.29, 1.82) is 31.6 Å². The van der Waals surface area contributed by atoms with Gasteiger partial charge in [-0.1, -0.05) is 237 Å². The Morgan fingerprint density at radius 3 is 0.730 bits per heavy atom. The quantitative estimate of drug-likeness (QED) is 0.122. The average molecular weight is 1600 g/mol. The van der Waals surface area contributed by atoms with Gasteiger partial charge < -0.3 is 27.4 Å². The van der Waals surface area contributed by atoms with E-state index in [1.165, 1.54) is 0 Å². The molecule has 578 valence electrons. The van der Waals surface area contributed by atoms with E-state index in [1.54, 1.807) is 0 Å². The van der Waals surface area contributed by atoms with Crippen molar-refractivity contribution >= 4 is 131 Å². The van der Waals surface area contributed by atoms with Crippen molar-refractivity contribution in [2.24, 2.45) is 0 Å². The van der Waals surface area contributed by atoms with Crippen LogP contribution in [0.3, 0.4) is 0 Å². The molecule has 0 N–H and O–H groups in total. The largest absolute Gasteiger partial charge is 0.307 e. The van der Waals surface area contributed by atoms with Crippen LogP contribution in [0.2, 0.25) is 0 Å². The molecule has 0 saturated carbocycles. The molecule has 0 radical (unpaired) electrons. The molecule has 14 heteroatoms. The SMILES string of the molecule is N#Cc1ccccc1-n1c2ccccc2c2c1c1c3ccccc3n(-c3ccc(-c4cccc(-c5ccc(-c6cc(-c7ccccc7)nc(-c7ccc(-n8c9ccccc9c9c%10c(c%11ccccc%11n%10-c%10ccccc%10C#N)c%10c(c%11ccccc%11n%10-c%10ccccc%10C#N)c98)c(C#N)c7)n6)cc5)c4)cc3C#N)c1c1c3ccccc3n(-c3ccccc3C#N)c21. The van der Waals surface area contributed by atoms with E-state index in [9.17, 15) is 31.6 Å². The van der Waals surface area contributed by atoms with Crippen molar-refractivity contribution in [3.05, 3.63) is 397 Å². The number of aromatic nitrogens is 8. The first-order valence-corrected chi connectivity index (χ1v) is 41.4. The number of hydrogen-bond acceptors (Lipinski definition) is 8. The van der Waals surface area contributed by atoms with Gasteiger partial charge in [0.15, 0.2) is 5.82 Å². The lowest BCUT2D eigenvalue weighted by molar-refractivity contribution is 1.15. The fraction of sp³-hybridized carbons (Fsp3) is 0. The maximum atomic E-state index is 11.8. The molecule has 0 saturated heterocycles. The molecule has 0 amide bonds. The number of nitrogens with zero attached hydrogens (tertiary/aromatic N) is 14. The molecular weight excluding hydrogens is 1540 g/mol. The Morgan fingerprint density at radius 1 is 0.175 bits per heavy atom. The van der Waals surface area contributed by atoms with E-state index in [0.29, 0.717) is 67.5 Å². The molecule has 17 aromatic carbocycles. The Morgan fingerprint density at radius 2 is 0.405 bits per heavy atom. The molecule has 0 spiro atoms. The lowest BCUT2D eigenvalue weighted by Crippen LogP contribution is -2.02. The molecule has 24 aromatic rings. The first-order chi connectivity index (χ1) is 62.3. The van der Waals surface area contributed by atoms with E-state index in [2.05, 4.69) is 234 Å². The molecule has 14 nitrogen and oxygen atoms in total. The van der Waals surface area contributed by atoms with E-state index in [1.807, 2.05) is 194 Å². The Balaban J connectivity index is 0.642. The van der Waals surface area contributed by atoms with Crippen LogP contribution in [0.4, 0.5) is 0 Å². The highest BCUT2D eigenvalue weighted by atomic mass is 15.1. The van der Waals surface area contributed by atoms with E-state index in [4.69, 9.17) is 9.97 Å². The Hall–Kier alpha value is -18.4. The van der Waals surface area contributed by atoms with Gasteiger partial charge in [-0.25, -0.2) is 9.97 Å². The van der Waals surface area contributed by atoms with Gasteiger partial charge in [-0.3, -0.25) is 0 Å². The normalized spacial score (nSPS) is 11.6. The third-order valence-electron chi connectivity index (χ3n) is 25.2. The summed E-state index contributed by atoms with van der Waals surface area (Å²) in [7, 11) is 0. The lowest BCUT2D eigenvalue weighted by atomic mass is 9.96. The fourth-order valence-electron chi connectivity index (χ4n) is 20.0. The van der Waals surface area contributed by atoms with E-state index >= 15 is 0 Å². The van der Waals surface area contributed by atoms with Crippen LogP contribution in [0, 0.1) is 68.0 Å². The predicted molar refractivity (Wildman–Crippen MR) is 504 cm³/mol. The summed E-state index contributed by atoms with van der Waals surface area (Å²) < 4.78 is 13.4. The predicted octanol–water partition coefficient (Wildman–Crippen LogP) is 26.6. The van der Waals surface area contributed by atoms with Gasteiger partial charge in [0.1, 0.15) is 36.4 Å². The van der Waals surface area contributed by atoms with Gasteiger partial charge in [0, 0.05) is 81.3 Å². The standard InChI is InChI=1S/C112H60N14/c113-61-74-27-4-14-39-88(74)121-94-43-18-8-33-80(94)100-106-102(82-35-10-20-45-96(82)123(106)90-41-16-6-29-76(90)63-115)110-104(108(100)121)84-37-12-22-47-98(84)125(110)92-55-53-72(58-78(92)65-117)71-32-24-31-70(57-71)67-49-51-69(52-50-67)87-60-86(68-25-2-1-3-26-68)119-112(120-87)73-54-56-93(79(59-73)66-118)126-99-48-23-13-38-85(99)105-109-101(81-34-9-19-44-95(81)122(109)89-40-15-5-28-75(89)62-114)107-103(111(105)126)83-36-11-21-46-97(83)124(107)91-42-17-7-30-77(91)64-116/h1-60H. The van der Waals surface area contributed by atoms with Crippen molar-refractivity contribution in [1.82, 2.24) is 37.4 Å². The summed E-state index contributed by atoms with van der Waals surface area (Å²) in [4.78, 5) is 10.7. The van der Waals surface area contributed by atoms with Crippen molar-refractivity contribution in [2.75, 3.05) is 0 Å². The van der Waals surface area contributed by atoms with E-state index in [-0.39, 0.29) is 0 Å². The minimum Gasteiger partial charge on any atom is -0.307 e. The number of para-hydroxylation sites is 10. The van der Waals surface area contributed by atoms with Crippen LogP contribution in [-0.2, 0) is 0 Å². The van der Waals surface area contributed by atoms with Gasteiger partial charge in [-0.05, 0) is 150 Å². The van der Waals surface area contributed by atoms with Crippen LogP contribution in [-0.4, -0.2) is 37.4 Å². The summed E-state index contributed by atoms with van der Waals surface area (Å²) in [5.41, 5.74) is 25.1. The van der Waals surface area contributed by atoms with Crippen molar-refractivity contribution < 1.29 is 0 Å². The van der Waals surface area contributed by atoms with Gasteiger partial charge in [-0.2, -0.15) is 31.6 Å². The van der Waals surface area contributed by atoms with Gasteiger partial charge in [0.2, 0.25) is 0 Å². The molecule has 24 rings (SSSR count). The van der Waals surface area contributed by atoms with Crippen LogP contribution >= 0.6 is 0 Å². The highest BCUT2D eigenvalue weighted by Crippen LogP contribution is 2.54. The molecule has 126 heavy (non-hydrogen) atoms. The second-order valence-corrected chi connectivity index (χ2v) is 31.6. The number of nitriles is 6.